The number of ether oxygens (including phenoxy) is 2. The van der Waals surface area contributed by atoms with Crippen molar-refractivity contribution in [3.05, 3.63) is 64.7 Å². The van der Waals surface area contributed by atoms with Crippen LogP contribution in [0.15, 0.2) is 42.5 Å². The highest BCUT2D eigenvalue weighted by Crippen LogP contribution is 2.44. The van der Waals surface area contributed by atoms with Gasteiger partial charge in [-0.1, -0.05) is 71.9 Å². The Hall–Kier alpha value is -3.39. The third kappa shape index (κ3) is 8.69. The number of carbonyl (C=O) groups excluding carboxylic acids is 3. The van der Waals surface area contributed by atoms with Gasteiger partial charge in [0.25, 0.3) is 5.91 Å². The fraction of sp³-hybridized carbons (Fsp3) is 0.605. The first-order valence-corrected chi connectivity index (χ1v) is 16.5. The number of carbonyl (C=O) groups is 3. The lowest BCUT2D eigenvalue weighted by Gasteiger charge is -2.58. The van der Waals surface area contributed by atoms with E-state index in [1.54, 1.807) is 31.2 Å². The zero-order valence-corrected chi connectivity index (χ0v) is 29.9. The maximum atomic E-state index is 13.5. The minimum atomic E-state index is -1.22. The summed E-state index contributed by atoms with van der Waals surface area (Å²) in [5.41, 5.74) is 0.434. The quantitative estimate of drug-likeness (QED) is 0.275. The minimum Gasteiger partial charge on any atom is -0.507 e. The molecule has 3 rings (SSSR count). The van der Waals surface area contributed by atoms with Crippen molar-refractivity contribution in [2.75, 3.05) is 19.8 Å². The Labute approximate surface area is 276 Å². The zero-order chi connectivity index (χ0) is 34.7. The van der Waals surface area contributed by atoms with E-state index in [2.05, 4.69) is 51.8 Å². The third-order valence-electron chi connectivity index (χ3n) is 8.97. The number of rotatable bonds is 10. The smallest absolute Gasteiger partial charge is 0.331 e. The van der Waals surface area contributed by atoms with Crippen LogP contribution in [-0.4, -0.2) is 64.2 Å². The molecule has 8 heteroatoms. The molecule has 2 aromatic rings. The summed E-state index contributed by atoms with van der Waals surface area (Å²) >= 11 is 0. The highest BCUT2D eigenvalue weighted by molar-refractivity contribution is 5.98. The van der Waals surface area contributed by atoms with Crippen molar-refractivity contribution in [3.8, 4) is 5.75 Å². The highest BCUT2D eigenvalue weighted by Gasteiger charge is 2.57. The van der Waals surface area contributed by atoms with Gasteiger partial charge < -0.3 is 19.9 Å². The van der Waals surface area contributed by atoms with Gasteiger partial charge in [0, 0.05) is 29.6 Å². The molecule has 0 radical (unpaired) electrons. The van der Waals surface area contributed by atoms with Gasteiger partial charge in [-0.05, 0) is 93.5 Å². The van der Waals surface area contributed by atoms with E-state index in [-0.39, 0.29) is 42.3 Å². The van der Waals surface area contributed by atoms with Crippen LogP contribution in [0.25, 0.3) is 0 Å². The Kier molecular flexibility index (Phi) is 11.1. The van der Waals surface area contributed by atoms with E-state index in [9.17, 15) is 19.5 Å². The molecule has 1 amide bonds. The fourth-order valence-electron chi connectivity index (χ4n) is 7.14. The lowest BCUT2D eigenvalue weighted by molar-refractivity contribution is -0.163. The summed E-state index contributed by atoms with van der Waals surface area (Å²) < 4.78 is 11.3. The lowest BCUT2D eigenvalue weighted by atomic mass is 9.68. The van der Waals surface area contributed by atoms with E-state index in [4.69, 9.17) is 9.47 Å². The molecule has 8 nitrogen and oxygen atoms in total. The SMILES string of the molecule is CCOC(=O)C1(NC(=O)c2ccccc2)CC(C)(C)N(CCOC(=O)CCc2cc(C(C)(C)C)c(O)c(C(C)(C)C)c2)C(C)(C)C1. The van der Waals surface area contributed by atoms with Crippen LogP contribution in [0, 0.1) is 0 Å². The van der Waals surface area contributed by atoms with E-state index in [1.165, 1.54) is 0 Å². The van der Waals surface area contributed by atoms with Crippen LogP contribution in [-0.2, 0) is 36.3 Å². The van der Waals surface area contributed by atoms with Crippen LogP contribution < -0.4 is 5.32 Å². The van der Waals surface area contributed by atoms with Crippen molar-refractivity contribution in [1.29, 1.82) is 0 Å². The predicted molar refractivity (Wildman–Crippen MR) is 182 cm³/mol. The molecular formula is C38H56N2O6. The van der Waals surface area contributed by atoms with Gasteiger partial charge in [0.2, 0.25) is 0 Å². The fourth-order valence-corrected chi connectivity index (χ4v) is 7.14. The second kappa shape index (κ2) is 13.8. The number of amides is 1. The van der Waals surface area contributed by atoms with Crippen molar-refractivity contribution >= 4 is 17.8 Å². The monoisotopic (exact) mass is 636 g/mol. The molecule has 254 valence electrons. The van der Waals surface area contributed by atoms with Gasteiger partial charge in [-0.25, -0.2) is 4.79 Å². The van der Waals surface area contributed by atoms with Gasteiger partial charge in [-0.2, -0.15) is 0 Å². The lowest BCUT2D eigenvalue weighted by Crippen LogP contribution is -2.72. The molecule has 1 fully saturated rings. The second-order valence-corrected chi connectivity index (χ2v) is 16.0. The molecule has 1 aliphatic rings. The summed E-state index contributed by atoms with van der Waals surface area (Å²) in [6, 6.07) is 12.9. The predicted octanol–water partition coefficient (Wildman–Crippen LogP) is 6.85. The number of nitrogens with zero attached hydrogens (tertiary/aromatic N) is 1. The molecule has 0 spiro atoms. The summed E-state index contributed by atoms with van der Waals surface area (Å²) in [5.74, 6) is -0.721. The number of phenols is 1. The van der Waals surface area contributed by atoms with Crippen LogP contribution in [0.1, 0.15) is 122 Å². The largest absolute Gasteiger partial charge is 0.507 e. The van der Waals surface area contributed by atoms with Gasteiger partial charge in [-0.15, -0.1) is 0 Å². The van der Waals surface area contributed by atoms with Gasteiger partial charge in [0.1, 0.15) is 17.9 Å². The molecule has 1 heterocycles. The molecule has 1 aliphatic heterocycles. The van der Waals surface area contributed by atoms with Gasteiger partial charge in [0.05, 0.1) is 6.61 Å². The van der Waals surface area contributed by atoms with E-state index in [1.807, 2.05) is 45.9 Å². The topological polar surface area (TPSA) is 105 Å². The summed E-state index contributed by atoms with van der Waals surface area (Å²) in [7, 11) is 0. The Morgan fingerprint density at radius 3 is 1.87 bits per heavy atom. The van der Waals surface area contributed by atoms with E-state index in [0.717, 1.165) is 16.7 Å². The number of hydrogen-bond donors (Lipinski definition) is 2. The molecule has 2 N–H and O–H groups in total. The summed E-state index contributed by atoms with van der Waals surface area (Å²) in [4.78, 5) is 42.0. The van der Waals surface area contributed by atoms with Crippen molar-refractivity contribution < 1.29 is 29.0 Å². The molecule has 0 bridgehead atoms. The van der Waals surface area contributed by atoms with E-state index in [0.29, 0.717) is 37.1 Å². The van der Waals surface area contributed by atoms with Gasteiger partial charge >= 0.3 is 11.9 Å². The van der Waals surface area contributed by atoms with Crippen LogP contribution in [0.3, 0.4) is 0 Å². The number of piperidine rings is 1. The molecular weight excluding hydrogens is 580 g/mol. The minimum absolute atomic E-state index is 0.199. The number of phenolic OH excluding ortho intramolecular Hbond substituents is 1. The number of hydrogen-bond acceptors (Lipinski definition) is 7. The molecule has 2 aromatic carbocycles. The van der Waals surface area contributed by atoms with Gasteiger partial charge in [-0.3, -0.25) is 14.5 Å². The normalized spacial score (nSPS) is 17.6. The zero-order valence-electron chi connectivity index (χ0n) is 29.9. The average molecular weight is 637 g/mol. The first-order valence-electron chi connectivity index (χ1n) is 16.5. The molecule has 0 saturated carbocycles. The Balaban J connectivity index is 1.71. The van der Waals surface area contributed by atoms with Crippen molar-refractivity contribution in [1.82, 2.24) is 10.2 Å². The number of aromatic hydroxyl groups is 1. The van der Waals surface area contributed by atoms with E-state index >= 15 is 0 Å². The number of benzene rings is 2. The molecule has 0 unspecified atom stereocenters. The maximum Gasteiger partial charge on any atom is 0.331 e. The Morgan fingerprint density at radius 1 is 0.870 bits per heavy atom. The van der Waals surface area contributed by atoms with Crippen LogP contribution in [0.5, 0.6) is 5.75 Å². The number of esters is 2. The Morgan fingerprint density at radius 2 is 1.39 bits per heavy atom. The summed E-state index contributed by atoms with van der Waals surface area (Å²) in [5, 5.41) is 14.1. The summed E-state index contributed by atoms with van der Waals surface area (Å²) in [6.45, 7) is 23.3. The maximum absolute atomic E-state index is 13.5. The molecule has 0 aliphatic carbocycles. The van der Waals surface area contributed by atoms with Crippen molar-refractivity contribution in [3.63, 3.8) is 0 Å². The van der Waals surface area contributed by atoms with E-state index < -0.39 is 22.6 Å². The molecule has 0 aromatic heterocycles. The second-order valence-electron chi connectivity index (χ2n) is 16.0. The first-order chi connectivity index (χ1) is 21.1. The van der Waals surface area contributed by atoms with Crippen LogP contribution in [0.4, 0.5) is 0 Å². The number of aryl methyl sites for hydroxylation is 1. The number of nitrogens with one attached hydrogen (secondary N) is 1. The van der Waals surface area contributed by atoms with Crippen LogP contribution in [0.2, 0.25) is 0 Å². The Bertz CT molecular complexity index is 1350. The number of likely N-dealkylation sites (tertiary alicyclic amines) is 1. The summed E-state index contributed by atoms with van der Waals surface area (Å²) in [6.07, 6.45) is 1.40. The third-order valence-corrected chi connectivity index (χ3v) is 8.97. The molecule has 46 heavy (non-hydrogen) atoms. The van der Waals surface area contributed by atoms with Gasteiger partial charge in [0.15, 0.2) is 0 Å². The van der Waals surface area contributed by atoms with Crippen molar-refractivity contribution in [2.45, 2.75) is 129 Å². The highest BCUT2D eigenvalue weighted by atomic mass is 16.5. The molecule has 1 saturated heterocycles. The first kappa shape index (κ1) is 37.1. The standard InChI is InChI=1S/C38H56N2O6/c1-12-45-33(44)38(39-32(43)27-16-14-13-15-17-27)24-36(8,9)40(37(10,11)25-38)20-21-46-30(41)19-18-26-22-28(34(2,3)4)31(42)29(23-26)35(5,6)7/h13-17,22-23,42H,12,18-21,24-25H2,1-11H3,(H,39,43). The van der Waals surface area contributed by atoms with Crippen molar-refractivity contribution in [2.24, 2.45) is 0 Å². The molecule has 0 atom stereocenters. The van der Waals surface area contributed by atoms with Crippen LogP contribution >= 0.6 is 0 Å². The average Bonchev–Trinajstić information content (AvgIpc) is 2.92.